The highest BCUT2D eigenvalue weighted by Crippen LogP contribution is 2.14. The second-order valence-electron chi connectivity index (χ2n) is 3.56. The molecule has 0 unspecified atom stereocenters. The summed E-state index contributed by atoms with van der Waals surface area (Å²) in [7, 11) is 0.850. The lowest BCUT2D eigenvalue weighted by atomic mass is 10.3. The average molecular weight is 305 g/mol. The highest BCUT2D eigenvalue weighted by Gasteiger charge is 2.02. The maximum Gasteiger partial charge on any atom is 0.0529 e. The molecule has 0 spiro atoms. The standard InChI is InChI=1S/C12H17BrO2S/c1-15-9-3-2-4-10-16(14)12-7-5-11(13)6-8-12/h5-8H,2-4,9-10H2,1H3/t16-/m0/s1. The molecule has 0 radical (unpaired) electrons. The molecular formula is C12H17BrO2S. The average Bonchev–Trinajstić information content (AvgIpc) is 2.29. The molecule has 0 saturated carbocycles. The van der Waals surface area contributed by atoms with Gasteiger partial charge >= 0.3 is 0 Å². The Morgan fingerprint density at radius 2 is 1.88 bits per heavy atom. The molecule has 0 aliphatic carbocycles. The first-order valence-electron chi connectivity index (χ1n) is 5.37. The Labute approximate surface area is 108 Å². The van der Waals surface area contributed by atoms with E-state index in [2.05, 4.69) is 15.9 Å². The van der Waals surface area contributed by atoms with Crippen LogP contribution < -0.4 is 0 Å². The second-order valence-corrected chi connectivity index (χ2v) is 6.04. The van der Waals surface area contributed by atoms with Crippen molar-refractivity contribution in [2.24, 2.45) is 0 Å². The zero-order valence-electron chi connectivity index (χ0n) is 9.45. The number of benzene rings is 1. The van der Waals surface area contributed by atoms with Crippen molar-refractivity contribution in [3.63, 3.8) is 0 Å². The van der Waals surface area contributed by atoms with Crippen LogP contribution in [-0.2, 0) is 15.5 Å². The first-order chi connectivity index (χ1) is 7.74. The van der Waals surface area contributed by atoms with Crippen LogP contribution in [0.2, 0.25) is 0 Å². The van der Waals surface area contributed by atoms with Gasteiger partial charge in [0.05, 0.1) is 10.8 Å². The number of ether oxygens (including phenoxy) is 1. The summed E-state index contributed by atoms with van der Waals surface area (Å²) >= 11 is 3.36. The number of methoxy groups -OCH3 is 1. The molecule has 0 saturated heterocycles. The molecule has 2 nitrogen and oxygen atoms in total. The zero-order valence-corrected chi connectivity index (χ0v) is 11.9. The van der Waals surface area contributed by atoms with Gasteiger partial charge in [-0.15, -0.1) is 0 Å². The largest absolute Gasteiger partial charge is 0.385 e. The summed E-state index contributed by atoms with van der Waals surface area (Å²) in [5.74, 6) is 0.741. The maximum absolute atomic E-state index is 11.9. The van der Waals surface area contributed by atoms with Crippen LogP contribution in [-0.4, -0.2) is 23.7 Å². The highest BCUT2D eigenvalue weighted by atomic mass is 79.9. The van der Waals surface area contributed by atoms with Gasteiger partial charge in [-0.1, -0.05) is 22.4 Å². The van der Waals surface area contributed by atoms with Crippen LogP contribution in [0.5, 0.6) is 0 Å². The van der Waals surface area contributed by atoms with Gasteiger partial charge < -0.3 is 4.74 Å². The number of unbranched alkanes of at least 4 members (excludes halogenated alkanes) is 2. The Morgan fingerprint density at radius 3 is 2.50 bits per heavy atom. The van der Waals surface area contributed by atoms with E-state index in [1.54, 1.807) is 7.11 Å². The van der Waals surface area contributed by atoms with Crippen LogP contribution in [0.15, 0.2) is 33.6 Å². The summed E-state index contributed by atoms with van der Waals surface area (Å²) < 4.78 is 17.8. The smallest absolute Gasteiger partial charge is 0.0529 e. The number of hydrogen-bond acceptors (Lipinski definition) is 2. The van der Waals surface area contributed by atoms with Gasteiger partial charge in [-0.3, -0.25) is 4.21 Å². The van der Waals surface area contributed by atoms with Gasteiger partial charge in [0.2, 0.25) is 0 Å². The Bertz CT molecular complexity index is 324. The van der Waals surface area contributed by atoms with Crippen molar-refractivity contribution in [3.8, 4) is 0 Å². The van der Waals surface area contributed by atoms with E-state index < -0.39 is 10.8 Å². The molecule has 0 fully saturated rings. The molecule has 1 aromatic rings. The minimum Gasteiger partial charge on any atom is -0.385 e. The fraction of sp³-hybridized carbons (Fsp3) is 0.500. The third-order valence-electron chi connectivity index (χ3n) is 2.25. The first-order valence-corrected chi connectivity index (χ1v) is 7.48. The van der Waals surface area contributed by atoms with Gasteiger partial charge in [0.1, 0.15) is 0 Å². The van der Waals surface area contributed by atoms with Crippen LogP contribution in [0.4, 0.5) is 0 Å². The maximum atomic E-state index is 11.9. The molecule has 0 heterocycles. The minimum absolute atomic E-state index is 0.741. The lowest BCUT2D eigenvalue weighted by Gasteiger charge is -2.02. The SMILES string of the molecule is COCCCCC[S@](=O)c1ccc(Br)cc1. The third kappa shape index (κ3) is 5.23. The monoisotopic (exact) mass is 304 g/mol. The Balaban J connectivity index is 2.27. The van der Waals surface area contributed by atoms with Crippen LogP contribution in [0.25, 0.3) is 0 Å². The van der Waals surface area contributed by atoms with E-state index in [4.69, 9.17) is 4.74 Å². The van der Waals surface area contributed by atoms with E-state index in [1.165, 1.54) is 0 Å². The van der Waals surface area contributed by atoms with Crippen LogP contribution in [0.3, 0.4) is 0 Å². The van der Waals surface area contributed by atoms with Gasteiger partial charge in [0.15, 0.2) is 0 Å². The van der Waals surface area contributed by atoms with E-state index in [1.807, 2.05) is 24.3 Å². The predicted octanol–water partition coefficient (Wildman–Crippen LogP) is 3.37. The Morgan fingerprint density at radius 1 is 1.19 bits per heavy atom. The van der Waals surface area contributed by atoms with Crippen molar-refractivity contribution < 1.29 is 8.95 Å². The molecule has 0 amide bonds. The summed E-state index contributed by atoms with van der Waals surface area (Å²) in [5.41, 5.74) is 0. The topological polar surface area (TPSA) is 26.3 Å². The highest BCUT2D eigenvalue weighted by molar-refractivity contribution is 9.10. The lowest BCUT2D eigenvalue weighted by Crippen LogP contribution is -1.99. The number of hydrogen-bond donors (Lipinski definition) is 0. The van der Waals surface area contributed by atoms with Gasteiger partial charge in [-0.05, 0) is 37.1 Å². The lowest BCUT2D eigenvalue weighted by molar-refractivity contribution is 0.192. The molecule has 4 heteroatoms. The number of halogens is 1. The van der Waals surface area contributed by atoms with Gasteiger partial charge in [-0.2, -0.15) is 0 Å². The Kier molecular flexibility index (Phi) is 6.92. The summed E-state index contributed by atoms with van der Waals surface area (Å²) in [6.07, 6.45) is 3.12. The van der Waals surface area contributed by atoms with Gasteiger partial charge in [-0.25, -0.2) is 0 Å². The van der Waals surface area contributed by atoms with E-state index in [0.717, 1.165) is 41.0 Å². The van der Waals surface area contributed by atoms with Crippen molar-refractivity contribution in [2.75, 3.05) is 19.5 Å². The molecule has 16 heavy (non-hydrogen) atoms. The normalized spacial score (nSPS) is 12.6. The molecule has 0 aliphatic heterocycles. The van der Waals surface area contributed by atoms with E-state index in [-0.39, 0.29) is 0 Å². The zero-order chi connectivity index (χ0) is 11.8. The molecule has 0 N–H and O–H groups in total. The molecule has 1 atom stereocenters. The van der Waals surface area contributed by atoms with Crippen LogP contribution >= 0.6 is 15.9 Å². The molecule has 90 valence electrons. The molecule has 0 aliphatic rings. The third-order valence-corrected chi connectivity index (χ3v) is 4.24. The van der Waals surface area contributed by atoms with Crippen molar-refractivity contribution in [2.45, 2.75) is 24.2 Å². The van der Waals surface area contributed by atoms with E-state index in [9.17, 15) is 4.21 Å². The first kappa shape index (κ1) is 13.9. The van der Waals surface area contributed by atoms with Crippen molar-refractivity contribution in [3.05, 3.63) is 28.7 Å². The second kappa shape index (κ2) is 7.98. The summed E-state index contributed by atoms with van der Waals surface area (Å²) in [5, 5.41) is 0. The van der Waals surface area contributed by atoms with Crippen LogP contribution in [0, 0.1) is 0 Å². The van der Waals surface area contributed by atoms with E-state index >= 15 is 0 Å². The number of rotatable bonds is 7. The van der Waals surface area contributed by atoms with E-state index in [0.29, 0.717) is 0 Å². The molecule has 1 rings (SSSR count). The molecule has 0 bridgehead atoms. The molecule has 1 aromatic carbocycles. The Hall–Kier alpha value is -0.190. The summed E-state index contributed by atoms with van der Waals surface area (Å²) in [6.45, 7) is 0.797. The molecule has 0 aromatic heterocycles. The van der Waals surface area contributed by atoms with Gasteiger partial charge in [0, 0.05) is 28.8 Å². The van der Waals surface area contributed by atoms with Crippen LogP contribution in [0.1, 0.15) is 19.3 Å². The van der Waals surface area contributed by atoms with Crippen molar-refractivity contribution in [1.82, 2.24) is 0 Å². The summed E-state index contributed by atoms with van der Waals surface area (Å²) in [4.78, 5) is 0.912. The van der Waals surface area contributed by atoms with Crippen molar-refractivity contribution in [1.29, 1.82) is 0 Å². The van der Waals surface area contributed by atoms with Crippen molar-refractivity contribution >= 4 is 26.7 Å². The fourth-order valence-electron chi connectivity index (χ4n) is 1.36. The predicted molar refractivity (Wildman–Crippen MR) is 71.1 cm³/mol. The molecular weight excluding hydrogens is 288 g/mol. The van der Waals surface area contributed by atoms with Gasteiger partial charge in [0.25, 0.3) is 0 Å². The quantitative estimate of drug-likeness (QED) is 0.722. The fourth-order valence-corrected chi connectivity index (χ4v) is 2.77. The minimum atomic E-state index is -0.859. The summed E-state index contributed by atoms with van der Waals surface area (Å²) in [6, 6.07) is 7.68.